The Kier molecular flexibility index (Phi) is 4.24. The van der Waals surface area contributed by atoms with Gasteiger partial charge in [-0.05, 0) is 23.6 Å². The lowest BCUT2D eigenvalue weighted by Gasteiger charge is -2.03. The minimum atomic E-state index is -0.170. The molecule has 24 heavy (non-hydrogen) atoms. The largest absolute Gasteiger partial charge is 0.410 e. The van der Waals surface area contributed by atoms with Gasteiger partial charge in [-0.2, -0.15) is 8.75 Å². The van der Waals surface area contributed by atoms with Crippen LogP contribution in [0.4, 0.5) is 5.69 Å². The molecule has 0 bridgehead atoms. The number of hydrogen-bond donors (Lipinski definition) is 1. The second-order valence-corrected chi connectivity index (χ2v) is 7.03. The molecule has 7 nitrogen and oxygen atoms in total. The summed E-state index contributed by atoms with van der Waals surface area (Å²) in [5.74, 6) is 0.461. The van der Waals surface area contributed by atoms with Crippen molar-refractivity contribution >= 4 is 57.5 Å². The van der Waals surface area contributed by atoms with E-state index in [1.165, 1.54) is 23.1 Å². The molecule has 0 atom stereocenters. The number of anilines is 1. The molecule has 4 rings (SSSR count). The number of rotatable bonds is 5. The number of fused-ring (bicyclic) bond motifs is 1. The van der Waals surface area contributed by atoms with Gasteiger partial charge >= 0.3 is 0 Å². The zero-order valence-corrected chi connectivity index (χ0v) is 14.5. The monoisotopic (exact) mass is 375 g/mol. The number of carbonyl (C=O) groups is 1. The van der Waals surface area contributed by atoms with E-state index in [4.69, 9.17) is 4.42 Å². The Labute approximate surface area is 148 Å². The average molecular weight is 375 g/mol. The molecule has 0 aliphatic heterocycles. The Hall–Kier alpha value is -2.30. The van der Waals surface area contributed by atoms with E-state index in [0.717, 1.165) is 22.1 Å². The van der Waals surface area contributed by atoms with Crippen LogP contribution in [-0.2, 0) is 4.79 Å². The Balaban J connectivity index is 1.39. The molecule has 3 aromatic heterocycles. The van der Waals surface area contributed by atoms with Gasteiger partial charge in [-0.1, -0.05) is 23.9 Å². The van der Waals surface area contributed by atoms with Gasteiger partial charge in [0.25, 0.3) is 11.1 Å². The second kappa shape index (κ2) is 6.67. The van der Waals surface area contributed by atoms with Crippen molar-refractivity contribution in [3.8, 4) is 10.8 Å². The quantitative estimate of drug-likeness (QED) is 0.533. The van der Waals surface area contributed by atoms with Crippen LogP contribution in [0.15, 0.2) is 45.4 Å². The predicted molar refractivity (Wildman–Crippen MR) is 94.4 cm³/mol. The third-order valence-corrected chi connectivity index (χ3v) is 5.24. The third-order valence-electron chi connectivity index (χ3n) is 3.03. The highest BCUT2D eigenvalue weighted by atomic mass is 32.2. The lowest BCUT2D eigenvalue weighted by molar-refractivity contribution is -0.113. The average Bonchev–Trinajstić information content (AvgIpc) is 3.32. The van der Waals surface area contributed by atoms with E-state index in [2.05, 4.69) is 24.3 Å². The highest BCUT2D eigenvalue weighted by Crippen LogP contribution is 2.27. The van der Waals surface area contributed by atoms with Crippen LogP contribution in [0.5, 0.6) is 0 Å². The molecule has 0 radical (unpaired) electrons. The van der Waals surface area contributed by atoms with E-state index in [-0.39, 0.29) is 11.7 Å². The summed E-state index contributed by atoms with van der Waals surface area (Å²) in [6, 6.07) is 9.31. The van der Waals surface area contributed by atoms with E-state index < -0.39 is 0 Å². The Morgan fingerprint density at radius 3 is 3.04 bits per heavy atom. The van der Waals surface area contributed by atoms with Gasteiger partial charge in [0.05, 0.1) is 28.0 Å². The summed E-state index contributed by atoms with van der Waals surface area (Å²) in [4.78, 5) is 13.0. The summed E-state index contributed by atoms with van der Waals surface area (Å²) in [6.45, 7) is 0. The summed E-state index contributed by atoms with van der Waals surface area (Å²) >= 11 is 3.83. The van der Waals surface area contributed by atoms with Crippen LogP contribution < -0.4 is 5.32 Å². The van der Waals surface area contributed by atoms with Crippen LogP contribution in [0.3, 0.4) is 0 Å². The highest BCUT2D eigenvalue weighted by molar-refractivity contribution is 7.99. The van der Waals surface area contributed by atoms with Crippen LogP contribution >= 0.6 is 34.8 Å². The number of hydrogen-bond acceptors (Lipinski definition) is 9. The van der Waals surface area contributed by atoms with Crippen molar-refractivity contribution in [1.82, 2.24) is 18.9 Å². The molecular formula is C14H9N5O2S3. The first-order chi connectivity index (χ1) is 11.8. The molecule has 1 aromatic carbocycles. The molecule has 3 heterocycles. The second-order valence-electron chi connectivity index (χ2n) is 4.62. The summed E-state index contributed by atoms with van der Waals surface area (Å²) < 4.78 is 13.9. The smallest absolute Gasteiger partial charge is 0.277 e. The molecular weight excluding hydrogens is 366 g/mol. The summed E-state index contributed by atoms with van der Waals surface area (Å²) in [7, 11) is 0. The SMILES string of the molecule is O=C(CSc1nnc(-c2cccs2)o1)Nc1cccc2nsnc12. The van der Waals surface area contributed by atoms with E-state index in [9.17, 15) is 4.79 Å². The first-order valence-corrected chi connectivity index (χ1v) is 9.40. The minimum Gasteiger partial charge on any atom is -0.410 e. The van der Waals surface area contributed by atoms with Crippen LogP contribution in [0.2, 0.25) is 0 Å². The number of carbonyl (C=O) groups excluding carboxylic acids is 1. The maximum Gasteiger partial charge on any atom is 0.277 e. The molecule has 1 N–H and O–H groups in total. The number of nitrogens with zero attached hydrogens (tertiary/aromatic N) is 4. The zero-order chi connectivity index (χ0) is 16.4. The molecule has 4 aromatic rings. The van der Waals surface area contributed by atoms with Crippen molar-refractivity contribution in [2.45, 2.75) is 5.22 Å². The highest BCUT2D eigenvalue weighted by Gasteiger charge is 2.13. The van der Waals surface area contributed by atoms with Crippen molar-refractivity contribution in [3.63, 3.8) is 0 Å². The summed E-state index contributed by atoms with van der Waals surface area (Å²) in [5, 5.41) is 13.1. The van der Waals surface area contributed by atoms with Gasteiger partial charge in [-0.3, -0.25) is 4.79 Å². The summed E-state index contributed by atoms with van der Waals surface area (Å²) in [6.07, 6.45) is 0. The normalized spacial score (nSPS) is 11.0. The molecule has 120 valence electrons. The Morgan fingerprint density at radius 2 is 2.17 bits per heavy atom. The van der Waals surface area contributed by atoms with Crippen LogP contribution in [0.1, 0.15) is 0 Å². The van der Waals surface area contributed by atoms with Gasteiger partial charge in [0, 0.05) is 0 Å². The third kappa shape index (κ3) is 3.16. The maximum absolute atomic E-state index is 12.1. The van der Waals surface area contributed by atoms with Crippen LogP contribution in [0, 0.1) is 0 Å². The number of benzene rings is 1. The standard InChI is InChI=1S/C14H9N5O2S3/c20-11(15-8-3-1-4-9-12(8)19-24-18-9)7-23-14-17-16-13(21-14)10-5-2-6-22-10/h1-6H,7H2,(H,15,20). The van der Waals surface area contributed by atoms with Gasteiger partial charge in [-0.25, -0.2) is 0 Å². The van der Waals surface area contributed by atoms with Crippen molar-refractivity contribution in [2.24, 2.45) is 0 Å². The van der Waals surface area contributed by atoms with Gasteiger partial charge < -0.3 is 9.73 Å². The first kappa shape index (κ1) is 15.2. The molecule has 0 fully saturated rings. The Morgan fingerprint density at radius 1 is 1.21 bits per heavy atom. The molecule has 0 aliphatic carbocycles. The molecule has 0 aliphatic rings. The van der Waals surface area contributed by atoms with Crippen molar-refractivity contribution in [3.05, 3.63) is 35.7 Å². The fourth-order valence-corrected chi connectivity index (χ4v) is 3.75. The lowest BCUT2D eigenvalue weighted by Crippen LogP contribution is -2.14. The number of nitrogens with one attached hydrogen (secondary N) is 1. The number of thiophene rings is 1. The van der Waals surface area contributed by atoms with E-state index in [0.29, 0.717) is 22.3 Å². The van der Waals surface area contributed by atoms with Gasteiger partial charge in [0.2, 0.25) is 5.91 Å². The molecule has 1 amide bonds. The van der Waals surface area contributed by atoms with Crippen LogP contribution in [0.25, 0.3) is 21.8 Å². The number of aromatic nitrogens is 4. The molecule has 0 unspecified atom stereocenters. The fraction of sp³-hybridized carbons (Fsp3) is 0.0714. The first-order valence-electron chi connectivity index (χ1n) is 6.81. The number of thioether (sulfide) groups is 1. The van der Waals surface area contributed by atoms with Gasteiger partial charge in [-0.15, -0.1) is 21.5 Å². The predicted octanol–water partition coefficient (Wildman–Crippen LogP) is 3.53. The molecule has 0 saturated heterocycles. The van der Waals surface area contributed by atoms with Gasteiger partial charge in [0.1, 0.15) is 11.0 Å². The van der Waals surface area contributed by atoms with Gasteiger partial charge in [0.15, 0.2) is 0 Å². The fourth-order valence-electron chi connectivity index (χ4n) is 1.99. The maximum atomic E-state index is 12.1. The lowest BCUT2D eigenvalue weighted by atomic mass is 10.2. The van der Waals surface area contributed by atoms with E-state index >= 15 is 0 Å². The van der Waals surface area contributed by atoms with Crippen molar-refractivity contribution < 1.29 is 9.21 Å². The molecule has 0 spiro atoms. The van der Waals surface area contributed by atoms with E-state index in [1.807, 2.05) is 29.6 Å². The molecule has 0 saturated carbocycles. The zero-order valence-electron chi connectivity index (χ0n) is 12.0. The van der Waals surface area contributed by atoms with Crippen LogP contribution in [-0.4, -0.2) is 30.6 Å². The van der Waals surface area contributed by atoms with Crippen molar-refractivity contribution in [1.29, 1.82) is 0 Å². The van der Waals surface area contributed by atoms with Crippen molar-refractivity contribution in [2.75, 3.05) is 11.1 Å². The number of amides is 1. The topological polar surface area (TPSA) is 93.8 Å². The Bertz CT molecular complexity index is 979. The molecule has 10 heteroatoms. The van der Waals surface area contributed by atoms with E-state index in [1.54, 1.807) is 6.07 Å². The summed E-state index contributed by atoms with van der Waals surface area (Å²) in [5.41, 5.74) is 2.11. The minimum absolute atomic E-state index is 0.167.